The first-order valence-electron chi connectivity index (χ1n) is 5.87. The van der Waals surface area contributed by atoms with Crippen molar-refractivity contribution in [2.45, 2.75) is 25.3 Å². The van der Waals surface area contributed by atoms with Crippen LogP contribution in [0.25, 0.3) is 0 Å². The molecule has 1 aliphatic carbocycles. The van der Waals surface area contributed by atoms with Gasteiger partial charge in [-0.05, 0) is 37.0 Å². The topological polar surface area (TPSA) is 55.1 Å². The first-order valence-corrected chi connectivity index (χ1v) is 6.67. The molecule has 1 aromatic carbocycles. The lowest BCUT2D eigenvalue weighted by atomic mass is 10.1. The minimum atomic E-state index is 0. The van der Waals surface area contributed by atoms with E-state index in [4.69, 9.17) is 5.73 Å². The predicted octanol–water partition coefficient (Wildman–Crippen LogP) is 2.44. The molecule has 2 unspecified atom stereocenters. The van der Waals surface area contributed by atoms with E-state index in [1.54, 1.807) is 0 Å². The average molecular weight is 334 g/mol. The van der Waals surface area contributed by atoms with E-state index < -0.39 is 0 Å². The zero-order valence-corrected chi connectivity index (χ0v) is 12.6. The lowest BCUT2D eigenvalue weighted by molar-refractivity contribution is -0.122. The second kappa shape index (κ2) is 6.55. The molecule has 1 saturated carbocycles. The molecule has 3 N–H and O–H groups in total. The maximum absolute atomic E-state index is 11.9. The van der Waals surface area contributed by atoms with Gasteiger partial charge < -0.3 is 11.1 Å². The minimum absolute atomic E-state index is 0. The van der Waals surface area contributed by atoms with Crippen molar-refractivity contribution in [2.75, 3.05) is 6.54 Å². The first kappa shape index (κ1) is 15.5. The molecule has 1 fully saturated rings. The molecule has 0 spiro atoms. The number of halogens is 2. The summed E-state index contributed by atoms with van der Waals surface area (Å²) in [5.41, 5.74) is 6.72. The van der Waals surface area contributed by atoms with Crippen LogP contribution in [-0.4, -0.2) is 18.5 Å². The van der Waals surface area contributed by atoms with Crippen LogP contribution < -0.4 is 11.1 Å². The fourth-order valence-corrected chi connectivity index (χ4v) is 2.42. The number of hydrogen-bond acceptors (Lipinski definition) is 2. The van der Waals surface area contributed by atoms with Crippen molar-refractivity contribution in [3.8, 4) is 0 Å². The molecule has 100 valence electrons. The highest BCUT2D eigenvalue weighted by Crippen LogP contribution is 2.47. The highest BCUT2D eigenvalue weighted by atomic mass is 79.9. The van der Waals surface area contributed by atoms with Gasteiger partial charge in [-0.3, -0.25) is 4.79 Å². The van der Waals surface area contributed by atoms with Crippen LogP contribution in [0.4, 0.5) is 0 Å². The summed E-state index contributed by atoms with van der Waals surface area (Å²) in [6.45, 7) is 2.41. The number of nitrogens with two attached hydrogens (primary N) is 1. The summed E-state index contributed by atoms with van der Waals surface area (Å²) >= 11 is 3.45. The Hall–Kier alpha value is -0.580. The van der Waals surface area contributed by atoms with Crippen LogP contribution in [0.15, 0.2) is 28.7 Å². The van der Waals surface area contributed by atoms with Gasteiger partial charge in [0.15, 0.2) is 0 Å². The molecule has 3 nitrogen and oxygen atoms in total. The van der Waals surface area contributed by atoms with E-state index in [2.05, 4.69) is 33.4 Å². The molecule has 0 saturated heterocycles. The summed E-state index contributed by atoms with van der Waals surface area (Å²) in [7, 11) is 0. The SMILES string of the molecule is C[C@@H](CN)NC(=O)C1CC1c1cccc(Br)c1.Cl. The zero-order valence-electron chi connectivity index (χ0n) is 10.2. The normalized spacial score (nSPS) is 22.8. The average Bonchev–Trinajstić information content (AvgIpc) is 3.08. The third kappa shape index (κ3) is 3.70. The van der Waals surface area contributed by atoms with Gasteiger partial charge in [0.25, 0.3) is 0 Å². The van der Waals surface area contributed by atoms with Gasteiger partial charge in [-0.2, -0.15) is 0 Å². The molecular weight excluding hydrogens is 316 g/mol. The number of amides is 1. The van der Waals surface area contributed by atoms with Gasteiger partial charge in [0.1, 0.15) is 0 Å². The third-order valence-corrected chi connectivity index (χ3v) is 3.64. The van der Waals surface area contributed by atoms with Crippen LogP contribution in [-0.2, 0) is 4.79 Å². The lowest BCUT2D eigenvalue weighted by Gasteiger charge is -2.11. The van der Waals surface area contributed by atoms with Crippen molar-refractivity contribution in [1.82, 2.24) is 5.32 Å². The van der Waals surface area contributed by atoms with Gasteiger partial charge in [-0.15, -0.1) is 12.4 Å². The third-order valence-electron chi connectivity index (χ3n) is 3.15. The molecule has 0 radical (unpaired) electrons. The summed E-state index contributed by atoms with van der Waals surface area (Å²) in [6.07, 6.45) is 0.944. The van der Waals surface area contributed by atoms with Gasteiger partial charge in [-0.25, -0.2) is 0 Å². The van der Waals surface area contributed by atoms with Crippen LogP contribution in [0.1, 0.15) is 24.8 Å². The Kier molecular flexibility index (Phi) is 5.63. The zero-order chi connectivity index (χ0) is 12.4. The minimum Gasteiger partial charge on any atom is -0.352 e. The summed E-state index contributed by atoms with van der Waals surface area (Å²) < 4.78 is 1.07. The van der Waals surface area contributed by atoms with E-state index >= 15 is 0 Å². The molecule has 0 bridgehead atoms. The Morgan fingerprint density at radius 2 is 2.33 bits per heavy atom. The number of benzene rings is 1. The molecule has 2 rings (SSSR count). The van der Waals surface area contributed by atoms with Gasteiger partial charge in [0.05, 0.1) is 0 Å². The number of rotatable bonds is 4. The van der Waals surface area contributed by atoms with Crippen molar-refractivity contribution in [2.24, 2.45) is 11.7 Å². The van der Waals surface area contributed by atoms with Crippen LogP contribution in [0.2, 0.25) is 0 Å². The van der Waals surface area contributed by atoms with E-state index in [-0.39, 0.29) is 30.3 Å². The maximum Gasteiger partial charge on any atom is 0.224 e. The van der Waals surface area contributed by atoms with Crippen LogP contribution in [0.3, 0.4) is 0 Å². The molecule has 0 heterocycles. The van der Waals surface area contributed by atoms with E-state index in [9.17, 15) is 4.79 Å². The largest absolute Gasteiger partial charge is 0.352 e. The van der Waals surface area contributed by atoms with Crippen molar-refractivity contribution in [1.29, 1.82) is 0 Å². The maximum atomic E-state index is 11.9. The Labute approximate surface area is 122 Å². The Morgan fingerprint density at radius 1 is 1.61 bits per heavy atom. The number of carbonyl (C=O) groups excluding carboxylic acids is 1. The molecule has 3 atom stereocenters. The van der Waals surface area contributed by atoms with E-state index in [1.165, 1.54) is 5.56 Å². The van der Waals surface area contributed by atoms with Gasteiger partial charge in [-0.1, -0.05) is 28.1 Å². The van der Waals surface area contributed by atoms with E-state index in [1.807, 2.05) is 19.1 Å². The number of hydrogen-bond donors (Lipinski definition) is 2. The van der Waals surface area contributed by atoms with Crippen molar-refractivity contribution in [3.05, 3.63) is 34.3 Å². The fourth-order valence-electron chi connectivity index (χ4n) is 2.00. The monoisotopic (exact) mass is 332 g/mol. The van der Waals surface area contributed by atoms with Gasteiger partial charge >= 0.3 is 0 Å². The molecular formula is C13H18BrClN2O. The molecule has 0 aliphatic heterocycles. The van der Waals surface area contributed by atoms with Crippen LogP contribution in [0, 0.1) is 5.92 Å². The fraction of sp³-hybridized carbons (Fsp3) is 0.462. The van der Waals surface area contributed by atoms with Crippen molar-refractivity contribution in [3.63, 3.8) is 0 Å². The molecule has 1 aromatic rings. The smallest absolute Gasteiger partial charge is 0.224 e. The van der Waals surface area contributed by atoms with E-state index in [0.717, 1.165) is 10.9 Å². The summed E-state index contributed by atoms with van der Waals surface area (Å²) in [5, 5.41) is 2.93. The van der Waals surface area contributed by atoms with Gasteiger partial charge in [0.2, 0.25) is 5.91 Å². The standard InChI is InChI=1S/C13H17BrN2O.ClH/c1-8(7-15)16-13(17)12-6-11(12)9-3-2-4-10(14)5-9;/h2-5,8,11-12H,6-7,15H2,1H3,(H,16,17);1H/t8-,11?,12?;/m0./s1. The molecule has 5 heteroatoms. The predicted molar refractivity (Wildman–Crippen MR) is 78.9 cm³/mol. The first-order chi connectivity index (χ1) is 8.11. The Bertz CT molecular complexity index is 427. The Morgan fingerprint density at radius 3 is 2.94 bits per heavy atom. The highest BCUT2D eigenvalue weighted by Gasteiger charge is 2.44. The highest BCUT2D eigenvalue weighted by molar-refractivity contribution is 9.10. The molecule has 1 amide bonds. The van der Waals surface area contributed by atoms with Crippen molar-refractivity contribution >= 4 is 34.2 Å². The summed E-state index contributed by atoms with van der Waals surface area (Å²) in [5.74, 6) is 0.628. The second-order valence-corrected chi connectivity index (χ2v) is 5.56. The Balaban J connectivity index is 0.00000162. The summed E-state index contributed by atoms with van der Waals surface area (Å²) in [6, 6.07) is 8.23. The van der Waals surface area contributed by atoms with Gasteiger partial charge in [0, 0.05) is 23.0 Å². The molecule has 0 aromatic heterocycles. The number of nitrogens with one attached hydrogen (secondary N) is 1. The number of carbonyl (C=O) groups is 1. The lowest BCUT2D eigenvalue weighted by Crippen LogP contribution is -2.38. The quantitative estimate of drug-likeness (QED) is 0.889. The molecule has 1 aliphatic rings. The van der Waals surface area contributed by atoms with E-state index in [0.29, 0.717) is 12.5 Å². The van der Waals surface area contributed by atoms with Crippen LogP contribution >= 0.6 is 28.3 Å². The van der Waals surface area contributed by atoms with Crippen molar-refractivity contribution < 1.29 is 4.79 Å². The summed E-state index contributed by atoms with van der Waals surface area (Å²) in [4.78, 5) is 11.9. The second-order valence-electron chi connectivity index (χ2n) is 4.65. The molecule has 18 heavy (non-hydrogen) atoms. The van der Waals surface area contributed by atoms with Crippen LogP contribution in [0.5, 0.6) is 0 Å².